The second kappa shape index (κ2) is 8.58. The number of thiazole rings is 1. The molecule has 2 aromatic carbocycles. The molecule has 1 aliphatic rings. The number of fused-ring (bicyclic) bond motifs is 1. The molecule has 0 atom stereocenters. The van der Waals surface area contributed by atoms with Gasteiger partial charge in [-0.3, -0.25) is 10.1 Å². The van der Waals surface area contributed by atoms with Gasteiger partial charge in [-0.2, -0.15) is 4.31 Å². The highest BCUT2D eigenvalue weighted by Gasteiger charge is 2.27. The smallest absolute Gasteiger partial charge is 0.264 e. The van der Waals surface area contributed by atoms with Crippen molar-refractivity contribution in [2.24, 2.45) is 0 Å². The number of ether oxygens (including phenoxy) is 2. The fourth-order valence-corrected chi connectivity index (χ4v) is 5.77. The molecule has 1 N–H and O–H groups in total. The first kappa shape index (κ1) is 20.6. The summed E-state index contributed by atoms with van der Waals surface area (Å²) in [5, 5.41) is 3.08. The Balaban J connectivity index is 1.45. The van der Waals surface area contributed by atoms with Gasteiger partial charge < -0.3 is 9.47 Å². The Labute approximate surface area is 178 Å². The van der Waals surface area contributed by atoms with E-state index in [1.54, 1.807) is 36.4 Å². The molecule has 1 aliphatic heterocycles. The van der Waals surface area contributed by atoms with Gasteiger partial charge in [0.1, 0.15) is 0 Å². The summed E-state index contributed by atoms with van der Waals surface area (Å²) < 4.78 is 38.4. The molecule has 30 heavy (non-hydrogen) atoms. The Bertz CT molecular complexity index is 1170. The molecule has 3 aromatic rings. The minimum absolute atomic E-state index is 0.203. The van der Waals surface area contributed by atoms with Crippen molar-refractivity contribution in [3.05, 3.63) is 42.5 Å². The standard InChI is InChI=1S/C20H21N3O5S2/c1-27-16-6-2-3-7-17(16)28-13-19(24)22-20-21-15-9-8-14(12-18(15)29-20)30(25,26)23-10-4-5-11-23/h2-3,6-9,12H,4-5,10-11,13H2,1H3,(H,21,22,24). The normalized spacial score (nSPS) is 14.7. The number of hydrogen-bond donors (Lipinski definition) is 1. The zero-order valence-corrected chi connectivity index (χ0v) is 18.0. The van der Waals surface area contributed by atoms with E-state index in [0.717, 1.165) is 12.8 Å². The van der Waals surface area contributed by atoms with E-state index in [0.29, 0.717) is 39.9 Å². The Hall–Kier alpha value is -2.69. The first-order valence-corrected chi connectivity index (χ1v) is 11.7. The van der Waals surface area contributed by atoms with Crippen LogP contribution in [-0.2, 0) is 14.8 Å². The molecule has 0 saturated carbocycles. The predicted molar refractivity (Wildman–Crippen MR) is 115 cm³/mol. The van der Waals surface area contributed by atoms with Gasteiger partial charge in [0.15, 0.2) is 23.2 Å². The van der Waals surface area contributed by atoms with Crippen LogP contribution in [0, 0.1) is 0 Å². The number of sulfonamides is 1. The highest BCUT2D eigenvalue weighted by molar-refractivity contribution is 7.89. The van der Waals surface area contributed by atoms with Crippen molar-refractivity contribution in [2.45, 2.75) is 17.7 Å². The molecule has 0 radical (unpaired) electrons. The first-order valence-electron chi connectivity index (χ1n) is 9.44. The summed E-state index contributed by atoms with van der Waals surface area (Å²) in [6, 6.07) is 11.9. The van der Waals surface area contributed by atoms with Crippen molar-refractivity contribution in [1.82, 2.24) is 9.29 Å². The quantitative estimate of drug-likeness (QED) is 0.598. The van der Waals surface area contributed by atoms with Gasteiger partial charge >= 0.3 is 0 Å². The lowest BCUT2D eigenvalue weighted by Gasteiger charge is -2.15. The third-order valence-electron chi connectivity index (χ3n) is 4.74. The van der Waals surface area contributed by atoms with Crippen LogP contribution >= 0.6 is 11.3 Å². The molecule has 1 fully saturated rings. The van der Waals surface area contributed by atoms with E-state index >= 15 is 0 Å². The van der Waals surface area contributed by atoms with Crippen LogP contribution < -0.4 is 14.8 Å². The fourth-order valence-electron chi connectivity index (χ4n) is 3.23. The number of methoxy groups -OCH3 is 1. The van der Waals surface area contributed by atoms with Crippen molar-refractivity contribution in [3.8, 4) is 11.5 Å². The molecule has 0 aliphatic carbocycles. The molecular weight excluding hydrogens is 426 g/mol. The van der Waals surface area contributed by atoms with Crippen LogP contribution in [0.15, 0.2) is 47.4 Å². The minimum atomic E-state index is -3.50. The van der Waals surface area contributed by atoms with E-state index in [2.05, 4.69) is 10.3 Å². The summed E-state index contributed by atoms with van der Waals surface area (Å²) in [5.74, 6) is 0.637. The Morgan fingerprint density at radius 1 is 1.17 bits per heavy atom. The van der Waals surface area contributed by atoms with Crippen LogP contribution in [0.4, 0.5) is 5.13 Å². The van der Waals surface area contributed by atoms with E-state index in [-0.39, 0.29) is 17.4 Å². The molecular formula is C20H21N3O5S2. The monoisotopic (exact) mass is 447 g/mol. The topological polar surface area (TPSA) is 97.8 Å². The predicted octanol–water partition coefficient (Wildman–Crippen LogP) is 3.11. The van der Waals surface area contributed by atoms with Gasteiger partial charge in [-0.25, -0.2) is 13.4 Å². The van der Waals surface area contributed by atoms with Gasteiger partial charge in [0.25, 0.3) is 5.91 Å². The zero-order chi connectivity index (χ0) is 21.1. The first-order chi connectivity index (χ1) is 14.5. The number of anilines is 1. The van der Waals surface area contributed by atoms with Gasteiger partial charge in [0.2, 0.25) is 10.0 Å². The number of carbonyl (C=O) groups is 1. The Morgan fingerprint density at radius 3 is 2.63 bits per heavy atom. The highest BCUT2D eigenvalue weighted by Crippen LogP contribution is 2.30. The van der Waals surface area contributed by atoms with Crippen LogP contribution in [-0.4, -0.2) is 50.4 Å². The minimum Gasteiger partial charge on any atom is -0.493 e. The summed E-state index contributed by atoms with van der Waals surface area (Å²) >= 11 is 1.22. The molecule has 0 spiro atoms. The number of nitrogens with one attached hydrogen (secondary N) is 1. The maximum Gasteiger partial charge on any atom is 0.264 e. The molecule has 0 unspecified atom stereocenters. The van der Waals surface area contributed by atoms with Crippen molar-refractivity contribution in [3.63, 3.8) is 0 Å². The van der Waals surface area contributed by atoms with Gasteiger partial charge in [-0.1, -0.05) is 23.5 Å². The number of amides is 1. The lowest BCUT2D eigenvalue weighted by atomic mass is 10.3. The number of hydrogen-bond acceptors (Lipinski definition) is 7. The Morgan fingerprint density at radius 2 is 1.90 bits per heavy atom. The maximum atomic E-state index is 12.7. The number of aromatic nitrogens is 1. The van der Waals surface area contributed by atoms with Crippen molar-refractivity contribution in [1.29, 1.82) is 0 Å². The van der Waals surface area contributed by atoms with Crippen LogP contribution in [0.2, 0.25) is 0 Å². The van der Waals surface area contributed by atoms with Crippen molar-refractivity contribution in [2.75, 3.05) is 32.1 Å². The lowest BCUT2D eigenvalue weighted by Crippen LogP contribution is -2.27. The van der Waals surface area contributed by atoms with E-state index in [1.807, 2.05) is 6.07 Å². The van der Waals surface area contributed by atoms with E-state index < -0.39 is 10.0 Å². The summed E-state index contributed by atoms with van der Waals surface area (Å²) in [6.07, 6.45) is 1.77. The molecule has 10 heteroatoms. The van der Waals surface area contributed by atoms with E-state index in [4.69, 9.17) is 9.47 Å². The lowest BCUT2D eigenvalue weighted by molar-refractivity contribution is -0.118. The van der Waals surface area contributed by atoms with Crippen molar-refractivity contribution >= 4 is 42.6 Å². The van der Waals surface area contributed by atoms with Crippen LogP contribution in [0.25, 0.3) is 10.2 Å². The van der Waals surface area contributed by atoms with E-state index in [1.165, 1.54) is 22.8 Å². The number of carbonyl (C=O) groups excluding carboxylic acids is 1. The van der Waals surface area contributed by atoms with Gasteiger partial charge in [-0.15, -0.1) is 0 Å². The second-order valence-corrected chi connectivity index (χ2v) is 9.72. The van der Waals surface area contributed by atoms with Gasteiger partial charge in [-0.05, 0) is 43.2 Å². The summed E-state index contributed by atoms with van der Waals surface area (Å²) in [7, 11) is -1.97. The average molecular weight is 448 g/mol. The third-order valence-corrected chi connectivity index (χ3v) is 7.57. The molecule has 2 heterocycles. The number of nitrogens with zero attached hydrogens (tertiary/aromatic N) is 2. The SMILES string of the molecule is COc1ccccc1OCC(=O)Nc1nc2ccc(S(=O)(=O)N3CCCC3)cc2s1. The average Bonchev–Trinajstić information content (AvgIpc) is 3.41. The zero-order valence-electron chi connectivity index (χ0n) is 16.3. The van der Waals surface area contributed by atoms with Crippen LogP contribution in [0.3, 0.4) is 0 Å². The third kappa shape index (κ3) is 4.25. The van der Waals surface area contributed by atoms with Crippen molar-refractivity contribution < 1.29 is 22.7 Å². The van der Waals surface area contributed by atoms with Crippen LogP contribution in [0.1, 0.15) is 12.8 Å². The molecule has 1 saturated heterocycles. The van der Waals surface area contributed by atoms with Gasteiger partial charge in [0.05, 0.1) is 22.2 Å². The molecule has 4 rings (SSSR count). The fraction of sp³-hybridized carbons (Fsp3) is 0.300. The molecule has 8 nitrogen and oxygen atoms in total. The number of rotatable bonds is 7. The summed E-state index contributed by atoms with van der Waals surface area (Å²) in [5.41, 5.74) is 0.626. The summed E-state index contributed by atoms with van der Waals surface area (Å²) in [6.45, 7) is 0.901. The molecule has 158 valence electrons. The summed E-state index contributed by atoms with van der Waals surface area (Å²) in [4.78, 5) is 16.9. The maximum absolute atomic E-state index is 12.7. The number of para-hydroxylation sites is 2. The highest BCUT2D eigenvalue weighted by atomic mass is 32.2. The van der Waals surface area contributed by atoms with Gasteiger partial charge in [0, 0.05) is 13.1 Å². The molecule has 0 bridgehead atoms. The molecule has 1 amide bonds. The second-order valence-electron chi connectivity index (χ2n) is 6.75. The van der Waals surface area contributed by atoms with Crippen LogP contribution in [0.5, 0.6) is 11.5 Å². The van der Waals surface area contributed by atoms with E-state index in [9.17, 15) is 13.2 Å². The molecule has 1 aromatic heterocycles. The Kier molecular flexibility index (Phi) is 5.89. The largest absolute Gasteiger partial charge is 0.493 e. The number of benzene rings is 2.